The molecule has 8 nitrogen and oxygen atoms in total. The van der Waals surface area contributed by atoms with E-state index in [1.54, 1.807) is 45.0 Å². The predicted octanol–water partition coefficient (Wildman–Crippen LogP) is 4.88. The fraction of sp³-hybridized carbons (Fsp3) is 0.655. The maximum atomic E-state index is 13.4. The second-order valence-electron chi connectivity index (χ2n) is 12.5. The van der Waals surface area contributed by atoms with Crippen LogP contribution >= 0.6 is 0 Å². The van der Waals surface area contributed by atoms with Gasteiger partial charge < -0.3 is 19.7 Å². The summed E-state index contributed by atoms with van der Waals surface area (Å²) >= 11 is 0. The third kappa shape index (κ3) is 6.71. The molecule has 210 valence electrons. The minimum atomic E-state index is -3.46. The highest BCUT2D eigenvalue weighted by Crippen LogP contribution is 2.55. The molecular formula is C29H42N2O6S. The van der Waals surface area contributed by atoms with Crippen molar-refractivity contribution in [2.45, 2.75) is 88.2 Å². The van der Waals surface area contributed by atoms with E-state index in [1.165, 1.54) is 0 Å². The largest absolute Gasteiger partial charge is 0.489 e. The zero-order valence-corrected chi connectivity index (χ0v) is 24.0. The number of rotatable bonds is 10. The van der Waals surface area contributed by atoms with Crippen LogP contribution in [0.15, 0.2) is 41.3 Å². The number of amides is 2. The van der Waals surface area contributed by atoms with Gasteiger partial charge in [0.05, 0.1) is 10.6 Å². The molecule has 5 rings (SSSR count). The fourth-order valence-corrected chi connectivity index (χ4v) is 7.74. The first-order valence-electron chi connectivity index (χ1n) is 13.6. The third-order valence-electron chi connectivity index (χ3n) is 8.33. The van der Waals surface area contributed by atoms with Crippen LogP contribution < -0.4 is 10.1 Å². The van der Waals surface area contributed by atoms with Gasteiger partial charge >= 0.3 is 6.09 Å². The molecule has 38 heavy (non-hydrogen) atoms. The number of carbonyl (C=O) groups excluding carboxylic acids is 2. The zero-order valence-electron chi connectivity index (χ0n) is 23.2. The molecule has 2 amide bonds. The minimum absolute atomic E-state index is 0.0867. The summed E-state index contributed by atoms with van der Waals surface area (Å²) in [4.78, 5) is 26.8. The molecule has 0 spiro atoms. The van der Waals surface area contributed by atoms with Gasteiger partial charge in [-0.05, 0) is 107 Å². The first-order chi connectivity index (χ1) is 17.7. The number of nitrogens with zero attached hydrogens (tertiary/aromatic N) is 1. The van der Waals surface area contributed by atoms with Crippen LogP contribution in [0, 0.1) is 11.3 Å². The van der Waals surface area contributed by atoms with Crippen LogP contribution in [-0.4, -0.2) is 62.4 Å². The van der Waals surface area contributed by atoms with E-state index in [1.807, 2.05) is 11.9 Å². The highest BCUT2D eigenvalue weighted by atomic mass is 32.2. The minimum Gasteiger partial charge on any atom is -0.489 e. The van der Waals surface area contributed by atoms with E-state index in [0.717, 1.165) is 51.4 Å². The Labute approximate surface area is 227 Å². The molecular weight excluding hydrogens is 504 g/mol. The third-order valence-corrected chi connectivity index (χ3v) is 10.3. The number of nitrogens with one attached hydrogen (secondary N) is 1. The van der Waals surface area contributed by atoms with Crippen molar-refractivity contribution < 1.29 is 27.5 Å². The van der Waals surface area contributed by atoms with Gasteiger partial charge in [0.1, 0.15) is 18.0 Å². The summed E-state index contributed by atoms with van der Waals surface area (Å²) in [7, 11) is -1.51. The molecule has 2 bridgehead atoms. The van der Waals surface area contributed by atoms with Gasteiger partial charge in [0.15, 0.2) is 9.84 Å². The molecule has 4 aliphatic carbocycles. The van der Waals surface area contributed by atoms with Crippen molar-refractivity contribution in [3.8, 4) is 5.75 Å². The molecule has 1 N–H and O–H groups in total. The number of ether oxygens (including phenoxy) is 2. The Morgan fingerprint density at radius 2 is 1.63 bits per heavy atom. The molecule has 0 unspecified atom stereocenters. The van der Waals surface area contributed by atoms with Gasteiger partial charge in [0, 0.05) is 25.0 Å². The lowest BCUT2D eigenvalue weighted by Crippen LogP contribution is -2.58. The van der Waals surface area contributed by atoms with Crippen molar-refractivity contribution in [2.75, 3.05) is 26.0 Å². The van der Waals surface area contributed by atoms with Gasteiger partial charge in [-0.3, -0.25) is 4.79 Å². The number of alkyl carbamates (subject to hydrolysis) is 1. The summed E-state index contributed by atoms with van der Waals surface area (Å²) in [6.07, 6.45) is 6.68. The van der Waals surface area contributed by atoms with Gasteiger partial charge in [-0.15, -0.1) is 0 Å². The molecule has 4 fully saturated rings. The van der Waals surface area contributed by atoms with Crippen LogP contribution in [0.5, 0.6) is 5.75 Å². The van der Waals surface area contributed by atoms with Crippen LogP contribution in [0.25, 0.3) is 0 Å². The monoisotopic (exact) mass is 546 g/mol. The molecule has 4 saturated carbocycles. The molecule has 0 radical (unpaired) electrons. The maximum absolute atomic E-state index is 13.4. The summed E-state index contributed by atoms with van der Waals surface area (Å²) in [6.45, 7) is 9.69. The Bertz CT molecular complexity index is 1140. The topological polar surface area (TPSA) is 102 Å². The standard InChI is InChI=1S/C29H42N2O6S/c1-21(18-30-26(33)37-27(2,3)4)19-36-23-8-10-24(11-9-23)38(34,35)20-28-12-15-29(16-13-28,17-14-28)31(5)25(32)22-6-7-22/h8-11,22H,1,6-7,12-20H2,2-5H3,(H,30,33). The lowest BCUT2D eigenvalue weighted by Gasteiger charge is -2.56. The smallest absolute Gasteiger partial charge is 0.407 e. The zero-order chi connectivity index (χ0) is 27.8. The van der Waals surface area contributed by atoms with Crippen LogP contribution in [0.2, 0.25) is 0 Å². The first-order valence-corrected chi connectivity index (χ1v) is 15.2. The normalized spacial score (nSPS) is 24.9. The first kappa shape index (κ1) is 28.5. The van der Waals surface area contributed by atoms with E-state index in [9.17, 15) is 18.0 Å². The summed E-state index contributed by atoms with van der Waals surface area (Å²) < 4.78 is 37.6. The average molecular weight is 547 g/mol. The number of fused-ring (bicyclic) bond motifs is 3. The Morgan fingerprint density at radius 3 is 2.16 bits per heavy atom. The molecule has 0 aliphatic heterocycles. The quantitative estimate of drug-likeness (QED) is 0.420. The second-order valence-corrected chi connectivity index (χ2v) is 14.5. The molecule has 4 aliphatic rings. The van der Waals surface area contributed by atoms with E-state index < -0.39 is 21.5 Å². The predicted molar refractivity (Wildman–Crippen MR) is 146 cm³/mol. The van der Waals surface area contributed by atoms with Crippen molar-refractivity contribution in [2.24, 2.45) is 11.3 Å². The lowest BCUT2D eigenvalue weighted by atomic mass is 9.57. The van der Waals surface area contributed by atoms with Gasteiger partial charge in [0.25, 0.3) is 0 Å². The van der Waals surface area contributed by atoms with Crippen molar-refractivity contribution >= 4 is 21.8 Å². The summed E-state index contributed by atoms with van der Waals surface area (Å²) in [6, 6.07) is 6.51. The van der Waals surface area contributed by atoms with Gasteiger partial charge in [-0.1, -0.05) is 6.58 Å². The van der Waals surface area contributed by atoms with Crippen LogP contribution in [0.1, 0.15) is 72.1 Å². The maximum Gasteiger partial charge on any atom is 0.407 e. The van der Waals surface area contributed by atoms with E-state index in [2.05, 4.69) is 11.9 Å². The van der Waals surface area contributed by atoms with E-state index >= 15 is 0 Å². The number of hydrogen-bond acceptors (Lipinski definition) is 6. The van der Waals surface area contributed by atoms with Crippen LogP contribution in [0.3, 0.4) is 0 Å². The Balaban J connectivity index is 1.27. The molecule has 0 atom stereocenters. The van der Waals surface area contributed by atoms with E-state index in [4.69, 9.17) is 9.47 Å². The fourth-order valence-electron chi connectivity index (χ4n) is 5.78. The van der Waals surface area contributed by atoms with Crippen LogP contribution in [0.4, 0.5) is 4.79 Å². The number of carbonyl (C=O) groups is 2. The summed E-state index contributed by atoms with van der Waals surface area (Å²) in [5, 5.41) is 2.64. The molecule has 0 saturated heterocycles. The molecule has 9 heteroatoms. The Kier molecular flexibility index (Phi) is 7.90. The van der Waals surface area contributed by atoms with Crippen LogP contribution in [-0.2, 0) is 19.4 Å². The Morgan fingerprint density at radius 1 is 1.05 bits per heavy atom. The van der Waals surface area contributed by atoms with Crippen molar-refractivity contribution in [3.63, 3.8) is 0 Å². The Hall–Kier alpha value is -2.55. The highest BCUT2D eigenvalue weighted by molar-refractivity contribution is 7.91. The average Bonchev–Trinajstić information content (AvgIpc) is 3.71. The summed E-state index contributed by atoms with van der Waals surface area (Å²) in [5.74, 6) is 1.16. The second kappa shape index (κ2) is 10.5. The molecule has 1 aromatic rings. The van der Waals surface area contributed by atoms with E-state index in [-0.39, 0.29) is 41.7 Å². The van der Waals surface area contributed by atoms with Crippen molar-refractivity contribution in [3.05, 3.63) is 36.4 Å². The van der Waals surface area contributed by atoms with Gasteiger partial charge in [-0.2, -0.15) is 0 Å². The number of benzene rings is 1. The number of sulfone groups is 1. The molecule has 0 aromatic heterocycles. The summed E-state index contributed by atoms with van der Waals surface area (Å²) in [5.41, 5.74) is -0.217. The van der Waals surface area contributed by atoms with E-state index in [0.29, 0.717) is 16.2 Å². The lowest BCUT2D eigenvalue weighted by molar-refractivity contribution is -0.143. The SMILES string of the molecule is C=C(CNC(=O)OC(C)(C)C)COc1ccc(S(=O)(=O)CC23CCC(N(C)C(=O)C4CC4)(CC2)CC3)cc1. The van der Waals surface area contributed by atoms with Crippen molar-refractivity contribution in [1.29, 1.82) is 0 Å². The molecule has 0 heterocycles. The van der Waals surface area contributed by atoms with Crippen molar-refractivity contribution in [1.82, 2.24) is 10.2 Å². The molecule has 1 aromatic carbocycles. The van der Waals surface area contributed by atoms with Gasteiger partial charge in [0.2, 0.25) is 5.91 Å². The highest BCUT2D eigenvalue weighted by Gasteiger charge is 2.53. The van der Waals surface area contributed by atoms with Gasteiger partial charge in [-0.25, -0.2) is 13.2 Å². The number of hydrogen-bond donors (Lipinski definition) is 1.